The van der Waals surface area contributed by atoms with Crippen LogP contribution in [0.15, 0.2) is 41.5 Å². The van der Waals surface area contributed by atoms with Gasteiger partial charge >= 0.3 is 24.0 Å². The number of esters is 3. The number of amides is 1. The molecule has 1 amide bonds. The molecule has 0 spiro atoms. The number of carbonyl (C=O) groups excluding carboxylic acids is 4. The first-order valence-electron chi connectivity index (χ1n) is 21.3. The molecule has 62 heavy (non-hydrogen) atoms. The largest absolute Gasteiger partial charge is 0.456 e. The minimum absolute atomic E-state index is 0.0664. The SMILES string of the molecule is CC(=O)O[C@@]12CO[C@@H]1CC[C@@]1(C)[C@@H]3O[C@H](CN4CC[C@H]4CO)O[C@@H]3C3=C(C)[C@@H](OC(=O)[C@H](O)[C@@H](NC(=O)OC(C)(C)C)C(F)F)C[C@@](O)([C@@H](OC(=O)c4ccccc4)[C@@H]12)C3(C)C. The first-order valence-corrected chi connectivity index (χ1v) is 21.3. The third kappa shape index (κ3) is 7.91. The quantitative estimate of drug-likeness (QED) is 0.143. The Bertz CT molecular complexity index is 1930. The Balaban J connectivity index is 1.37. The Morgan fingerprint density at radius 2 is 1.74 bits per heavy atom. The standard InChI is InChI=1S/C44H60F2N2O14/c1-22-26(57-38(53)31(51)30(36(45)46)47-39(54)62-40(3,4)5)18-44(55)35(60-37(52)24-12-10-9-11-13-24)33-42(8,16-14-27-43(33,21-56-27)61-23(2)50)34-32(29(22)41(44,6)7)58-28(59-34)19-48-17-15-25(48)20-49/h9-13,25-28,30-36,49,51,55H,14-21H2,1-8H3,(H,47,54)/t25-,26-,27+,28+,30+,31+,32+,33-,34+,35-,42+,43-,44+/m0/s1. The fourth-order valence-corrected chi connectivity index (χ4v) is 11.0. The number of alkyl carbamates (subject to hydrolysis) is 1. The summed E-state index contributed by atoms with van der Waals surface area (Å²) in [6, 6.07) is 5.57. The number of nitrogens with one attached hydrogen (secondary N) is 1. The lowest BCUT2D eigenvalue weighted by Crippen LogP contribution is -2.79. The van der Waals surface area contributed by atoms with Gasteiger partial charge in [0.25, 0.3) is 6.43 Å². The van der Waals surface area contributed by atoms with Crippen LogP contribution in [0, 0.1) is 16.7 Å². The molecule has 3 aliphatic heterocycles. The molecule has 3 aliphatic carbocycles. The molecule has 1 aromatic carbocycles. The second kappa shape index (κ2) is 16.7. The smallest absolute Gasteiger partial charge is 0.408 e. The summed E-state index contributed by atoms with van der Waals surface area (Å²) < 4.78 is 72.6. The second-order valence-electron chi connectivity index (χ2n) is 19.5. The molecular formula is C44H60F2N2O14. The molecule has 13 atom stereocenters. The zero-order valence-corrected chi connectivity index (χ0v) is 36.4. The minimum atomic E-state index is -3.44. The number of aliphatic hydroxyl groups is 3. The maximum atomic E-state index is 14.4. The lowest BCUT2D eigenvalue weighted by molar-refractivity contribution is -0.345. The van der Waals surface area contributed by atoms with Crippen molar-refractivity contribution in [2.75, 3.05) is 26.3 Å². The van der Waals surface area contributed by atoms with Gasteiger partial charge in [-0.25, -0.2) is 23.2 Å². The Kier molecular flexibility index (Phi) is 12.4. The highest BCUT2D eigenvalue weighted by Gasteiger charge is 2.77. The summed E-state index contributed by atoms with van der Waals surface area (Å²) in [5.41, 5.74) is -6.27. The number of likely N-dealkylation sites (tertiary alicyclic amines) is 1. The number of rotatable bonds is 11. The molecule has 2 saturated carbocycles. The highest BCUT2D eigenvalue weighted by atomic mass is 19.3. The van der Waals surface area contributed by atoms with E-state index in [-0.39, 0.29) is 31.4 Å². The van der Waals surface area contributed by atoms with Crippen LogP contribution in [0.2, 0.25) is 0 Å². The van der Waals surface area contributed by atoms with Gasteiger partial charge in [0.1, 0.15) is 41.7 Å². The van der Waals surface area contributed by atoms with Gasteiger partial charge in [-0.2, -0.15) is 0 Å². The third-order valence-corrected chi connectivity index (χ3v) is 14.2. The van der Waals surface area contributed by atoms with Crippen molar-refractivity contribution in [3.63, 3.8) is 0 Å². The van der Waals surface area contributed by atoms with E-state index in [1.54, 1.807) is 51.1 Å². The molecule has 16 nitrogen and oxygen atoms in total. The summed E-state index contributed by atoms with van der Waals surface area (Å²) in [5.74, 6) is -4.03. The minimum Gasteiger partial charge on any atom is -0.456 e. The summed E-state index contributed by atoms with van der Waals surface area (Å²) in [4.78, 5) is 55.9. The predicted octanol–water partition coefficient (Wildman–Crippen LogP) is 3.43. The van der Waals surface area contributed by atoms with E-state index in [0.29, 0.717) is 30.5 Å². The van der Waals surface area contributed by atoms with Crippen molar-refractivity contribution < 1.29 is 76.4 Å². The molecule has 0 radical (unpaired) electrons. The summed E-state index contributed by atoms with van der Waals surface area (Å²) in [6.45, 7) is 13.6. The molecule has 344 valence electrons. The number of aliphatic hydroxyl groups excluding tert-OH is 2. The lowest BCUT2D eigenvalue weighted by atomic mass is 9.45. The molecule has 1 aromatic rings. The van der Waals surface area contributed by atoms with Gasteiger partial charge in [0, 0.05) is 43.3 Å². The number of halogens is 2. The van der Waals surface area contributed by atoms with Crippen molar-refractivity contribution in [2.45, 2.75) is 159 Å². The Labute approximate surface area is 359 Å². The maximum absolute atomic E-state index is 14.4. The molecule has 5 fully saturated rings. The van der Waals surface area contributed by atoms with E-state index in [2.05, 4.69) is 0 Å². The lowest BCUT2D eigenvalue weighted by Gasteiger charge is -2.68. The van der Waals surface area contributed by atoms with E-state index < -0.39 is 119 Å². The number of hydrogen-bond donors (Lipinski definition) is 4. The number of nitrogens with zero attached hydrogens (tertiary/aromatic N) is 1. The van der Waals surface area contributed by atoms with Gasteiger partial charge in [-0.05, 0) is 70.2 Å². The monoisotopic (exact) mass is 878 g/mol. The summed E-state index contributed by atoms with van der Waals surface area (Å²) >= 11 is 0. The number of ether oxygens (including phenoxy) is 7. The van der Waals surface area contributed by atoms with Crippen LogP contribution in [0.3, 0.4) is 0 Å². The molecule has 18 heteroatoms. The highest BCUT2D eigenvalue weighted by molar-refractivity contribution is 5.89. The van der Waals surface area contributed by atoms with Crippen LogP contribution in [-0.2, 0) is 42.7 Å². The second-order valence-corrected chi connectivity index (χ2v) is 19.5. The normalized spacial score (nSPS) is 37.1. The maximum Gasteiger partial charge on any atom is 0.408 e. The van der Waals surface area contributed by atoms with Gasteiger partial charge in [0.15, 0.2) is 18.0 Å². The van der Waals surface area contributed by atoms with Gasteiger partial charge in [0.05, 0.1) is 30.8 Å². The predicted molar refractivity (Wildman–Crippen MR) is 212 cm³/mol. The summed E-state index contributed by atoms with van der Waals surface area (Å²) in [5, 5.41) is 36.7. The number of hydrogen-bond acceptors (Lipinski definition) is 15. The first kappa shape index (κ1) is 46.2. The molecule has 2 bridgehead atoms. The van der Waals surface area contributed by atoms with Crippen LogP contribution < -0.4 is 5.32 Å². The fraction of sp³-hybridized carbons (Fsp3) is 0.727. The Morgan fingerprint density at radius 3 is 2.31 bits per heavy atom. The van der Waals surface area contributed by atoms with Crippen molar-refractivity contribution >= 4 is 24.0 Å². The zero-order valence-electron chi connectivity index (χ0n) is 36.4. The first-order chi connectivity index (χ1) is 29.0. The third-order valence-electron chi connectivity index (χ3n) is 14.2. The Morgan fingerprint density at radius 1 is 1.05 bits per heavy atom. The van der Waals surface area contributed by atoms with Crippen LogP contribution in [-0.4, -0.2) is 149 Å². The Hall–Kier alpha value is -3.78. The van der Waals surface area contributed by atoms with Gasteiger partial charge in [-0.15, -0.1) is 0 Å². The molecule has 3 heterocycles. The van der Waals surface area contributed by atoms with Crippen LogP contribution in [0.4, 0.5) is 13.6 Å². The summed E-state index contributed by atoms with van der Waals surface area (Å²) in [6.07, 6.45) is -12.6. The number of alkyl halides is 2. The van der Waals surface area contributed by atoms with Gasteiger partial charge in [0.2, 0.25) is 0 Å². The van der Waals surface area contributed by atoms with Crippen molar-refractivity contribution in [1.29, 1.82) is 0 Å². The van der Waals surface area contributed by atoms with Gasteiger partial charge in [-0.3, -0.25) is 9.69 Å². The van der Waals surface area contributed by atoms with Crippen LogP contribution >= 0.6 is 0 Å². The van der Waals surface area contributed by atoms with Crippen LogP contribution in [0.5, 0.6) is 0 Å². The van der Waals surface area contributed by atoms with Gasteiger partial charge < -0.3 is 53.8 Å². The molecule has 4 N–H and O–H groups in total. The van der Waals surface area contributed by atoms with E-state index >= 15 is 0 Å². The number of benzene rings is 1. The average Bonchev–Trinajstić information content (AvgIpc) is 3.58. The fourth-order valence-electron chi connectivity index (χ4n) is 11.0. The molecule has 0 aromatic heterocycles. The van der Waals surface area contributed by atoms with E-state index in [4.69, 9.17) is 33.2 Å². The molecule has 0 unspecified atom stereocenters. The average molecular weight is 879 g/mol. The topological polar surface area (TPSA) is 209 Å². The van der Waals surface area contributed by atoms with Crippen LogP contribution in [0.1, 0.15) is 91.4 Å². The van der Waals surface area contributed by atoms with Crippen molar-refractivity contribution in [2.24, 2.45) is 16.7 Å². The van der Waals surface area contributed by atoms with Crippen LogP contribution in [0.25, 0.3) is 0 Å². The molecule has 3 saturated heterocycles. The molecular weight excluding hydrogens is 818 g/mol. The van der Waals surface area contributed by atoms with E-state index in [1.807, 2.05) is 17.1 Å². The molecule has 6 aliphatic rings. The molecule has 7 rings (SSSR count). The van der Waals surface area contributed by atoms with E-state index in [1.165, 1.54) is 27.7 Å². The van der Waals surface area contributed by atoms with Crippen molar-refractivity contribution in [3.8, 4) is 0 Å². The van der Waals surface area contributed by atoms with Gasteiger partial charge in [-0.1, -0.05) is 39.0 Å². The highest BCUT2D eigenvalue weighted by Crippen LogP contribution is 2.66. The number of fused-ring (bicyclic) bond motifs is 8. The number of carbonyl (C=O) groups is 4. The van der Waals surface area contributed by atoms with Crippen molar-refractivity contribution in [3.05, 3.63) is 47.0 Å². The van der Waals surface area contributed by atoms with E-state index in [0.717, 1.165) is 6.42 Å². The van der Waals surface area contributed by atoms with Crippen molar-refractivity contribution in [1.82, 2.24) is 10.2 Å². The summed E-state index contributed by atoms with van der Waals surface area (Å²) in [7, 11) is 0. The zero-order chi connectivity index (χ0) is 45.3. The van der Waals surface area contributed by atoms with E-state index in [9.17, 15) is 43.3 Å².